The van der Waals surface area contributed by atoms with Crippen LogP contribution in [0.1, 0.15) is 27.7 Å². The number of hydrogen-bond donors (Lipinski definition) is 0. The Hall–Kier alpha value is -12.5. The summed E-state index contributed by atoms with van der Waals surface area (Å²) in [6.07, 6.45) is 0. The fourth-order valence-corrected chi connectivity index (χ4v) is 15.4. The van der Waals surface area contributed by atoms with Crippen LogP contribution in [0.3, 0.4) is 0 Å². The van der Waals surface area contributed by atoms with E-state index in [4.69, 9.17) is 55.8 Å². The van der Waals surface area contributed by atoms with Gasteiger partial charge in [-0.2, -0.15) is 9.97 Å². The standard InChI is InChI=1S/C43H27N5S.C34H29BN2O2S.C15H10ClN3/c1-5-13-28(14-6-1)29-21-23-30(24-22-29)37-39-38(45-40(44-37)31-15-7-2-8-16-31)35-27-34(25-26-36(35)49-39)43-47-41(32-17-9-3-10-18-32)46-42(48-43)33-19-11-4-12-20-33;1-33(2)34(3,4)39-35(38-33)26-19-20-28-27(21-26)30-31(40-28)29(36-32(37-30)25-13-9-6-10-14-25)24-17-15-23(16-18-24)22-11-7-5-8-12-22;16-15-18-13(11-7-3-1-4-8-11)17-14(19-15)12-9-5-2-6-10-12/h1-27H;5-21H,1-4H3;1-10H. The molecule has 0 amide bonds. The van der Waals surface area contributed by atoms with Crippen LogP contribution in [0.25, 0.3) is 165 Å². The number of thiophene rings is 2. The van der Waals surface area contributed by atoms with Crippen molar-refractivity contribution in [3.8, 4) is 124 Å². The van der Waals surface area contributed by atoms with E-state index in [1.165, 1.54) is 22.3 Å². The Morgan fingerprint density at radius 1 is 0.259 bits per heavy atom. The zero-order valence-corrected chi connectivity index (χ0v) is 61.6. The van der Waals surface area contributed by atoms with E-state index < -0.39 is 18.3 Å². The van der Waals surface area contributed by atoms with Crippen LogP contribution in [-0.2, 0) is 9.31 Å². The summed E-state index contributed by atoms with van der Waals surface area (Å²) in [5, 5.41) is 2.34. The van der Waals surface area contributed by atoms with E-state index in [0.717, 1.165) is 113 Å². The Labute approximate surface area is 638 Å². The van der Waals surface area contributed by atoms with Gasteiger partial charge in [-0.25, -0.2) is 39.9 Å². The SMILES string of the molecule is CC1(C)OB(c2ccc3sc4c(-c5ccc(-c6ccccc6)cc5)nc(-c5ccccc5)nc4c3c2)OC1(C)C.Clc1nc(-c2ccccc2)nc(-c2ccccc2)n1.c1ccc(-c2ccc(-c3nc(-c4ccccc4)nc4c3sc3ccc(-c5nc(-c6ccccc6)nc(-c6ccccc6)n5)cc34)cc2)cc1. The first-order valence-corrected chi connectivity index (χ1v) is 37.6. The average molecular weight is 1450 g/mol. The quantitative estimate of drug-likeness (QED) is 0.107. The molecule has 16 heteroatoms. The second-order valence-corrected chi connectivity index (χ2v) is 29.5. The Kier molecular flexibility index (Phi) is 19.0. The van der Waals surface area contributed by atoms with Crippen molar-refractivity contribution in [2.45, 2.75) is 38.9 Å². The molecule has 18 aromatic rings. The van der Waals surface area contributed by atoms with Gasteiger partial charge in [-0.05, 0) is 91.3 Å². The average Bonchev–Trinajstić information content (AvgIpc) is 1.59. The van der Waals surface area contributed by atoms with Crippen molar-refractivity contribution in [1.82, 2.24) is 49.8 Å². The van der Waals surface area contributed by atoms with Gasteiger partial charge in [-0.3, -0.25) is 0 Å². The van der Waals surface area contributed by atoms with Gasteiger partial charge in [-0.15, -0.1) is 22.7 Å². The van der Waals surface area contributed by atoms with E-state index in [9.17, 15) is 0 Å². The molecule has 0 radical (unpaired) electrons. The number of rotatable bonds is 12. The van der Waals surface area contributed by atoms with Gasteiger partial charge in [0.2, 0.25) is 5.28 Å². The van der Waals surface area contributed by atoms with Crippen molar-refractivity contribution in [2.75, 3.05) is 0 Å². The predicted molar refractivity (Wildman–Crippen MR) is 444 cm³/mol. The van der Waals surface area contributed by atoms with Gasteiger partial charge < -0.3 is 9.31 Å². The van der Waals surface area contributed by atoms with Crippen LogP contribution >= 0.6 is 34.3 Å². The lowest BCUT2D eigenvalue weighted by Crippen LogP contribution is -2.41. The summed E-state index contributed by atoms with van der Waals surface area (Å²) in [7, 11) is -0.426. The first-order chi connectivity index (χ1) is 52.9. The van der Waals surface area contributed by atoms with E-state index in [-0.39, 0.29) is 5.28 Å². The summed E-state index contributed by atoms with van der Waals surface area (Å²) in [4.78, 5) is 48.3. The molecule has 0 saturated carbocycles. The van der Waals surface area contributed by atoms with E-state index >= 15 is 0 Å². The van der Waals surface area contributed by atoms with E-state index in [1.807, 2.05) is 170 Å². The molecule has 1 saturated heterocycles. The second kappa shape index (κ2) is 29.8. The topological polar surface area (TPSA) is 147 Å². The van der Waals surface area contributed by atoms with E-state index in [1.54, 1.807) is 22.7 Å². The lowest BCUT2D eigenvalue weighted by molar-refractivity contribution is 0.00578. The van der Waals surface area contributed by atoms with Gasteiger partial charge >= 0.3 is 7.12 Å². The normalized spacial score (nSPS) is 12.9. The molecule has 0 bridgehead atoms. The number of fused-ring (bicyclic) bond motifs is 6. The van der Waals surface area contributed by atoms with Crippen molar-refractivity contribution >= 4 is 87.5 Å². The minimum absolute atomic E-state index is 0.202. The van der Waals surface area contributed by atoms with Crippen molar-refractivity contribution in [3.05, 3.63) is 333 Å². The summed E-state index contributed by atoms with van der Waals surface area (Å²) in [6, 6.07) is 111. The Morgan fingerprint density at radius 3 is 0.861 bits per heavy atom. The molecule has 6 aromatic heterocycles. The van der Waals surface area contributed by atoms with Crippen molar-refractivity contribution in [2.24, 2.45) is 0 Å². The number of halogens is 1. The van der Waals surface area contributed by atoms with Crippen molar-refractivity contribution in [1.29, 1.82) is 0 Å². The number of benzene rings is 12. The molecule has 1 fully saturated rings. The second-order valence-electron chi connectivity index (χ2n) is 27.0. The predicted octanol–water partition coefficient (Wildman–Crippen LogP) is 23.0. The van der Waals surface area contributed by atoms with Crippen molar-refractivity contribution < 1.29 is 9.31 Å². The molecule has 7 heterocycles. The smallest absolute Gasteiger partial charge is 0.399 e. The highest BCUT2D eigenvalue weighted by Gasteiger charge is 2.52. The highest BCUT2D eigenvalue weighted by molar-refractivity contribution is 7.26. The van der Waals surface area contributed by atoms with Gasteiger partial charge in [0, 0.05) is 70.2 Å². The third-order valence-electron chi connectivity index (χ3n) is 19.4. The number of aromatic nitrogens is 10. The van der Waals surface area contributed by atoms with Crippen LogP contribution in [0.4, 0.5) is 0 Å². The van der Waals surface area contributed by atoms with Gasteiger partial charge in [0.25, 0.3) is 0 Å². The van der Waals surface area contributed by atoms with Crippen molar-refractivity contribution in [3.63, 3.8) is 0 Å². The lowest BCUT2D eigenvalue weighted by atomic mass is 9.78. The maximum absolute atomic E-state index is 6.37. The highest BCUT2D eigenvalue weighted by atomic mass is 35.5. The fourth-order valence-electron chi connectivity index (χ4n) is 13.0. The molecule has 12 aromatic carbocycles. The molecule has 108 heavy (non-hydrogen) atoms. The maximum atomic E-state index is 6.37. The molecule has 518 valence electrons. The fraction of sp³-hybridized carbons (Fsp3) is 0.0652. The minimum Gasteiger partial charge on any atom is -0.399 e. The largest absolute Gasteiger partial charge is 0.494 e. The van der Waals surface area contributed by atoms with Gasteiger partial charge in [0.15, 0.2) is 40.8 Å². The molecule has 1 aliphatic rings. The van der Waals surface area contributed by atoms with E-state index in [0.29, 0.717) is 34.9 Å². The van der Waals surface area contributed by atoms with Crippen LogP contribution in [0.2, 0.25) is 5.28 Å². The third-order valence-corrected chi connectivity index (χ3v) is 21.9. The highest BCUT2D eigenvalue weighted by Crippen LogP contribution is 2.44. The van der Waals surface area contributed by atoms with Crippen LogP contribution < -0.4 is 5.46 Å². The summed E-state index contributed by atoms with van der Waals surface area (Å²) in [5.41, 5.74) is 17.4. The van der Waals surface area contributed by atoms with Crippen LogP contribution in [0.15, 0.2) is 328 Å². The zero-order valence-electron chi connectivity index (χ0n) is 59.2. The monoisotopic (exact) mass is 1450 g/mol. The molecule has 0 unspecified atom stereocenters. The lowest BCUT2D eigenvalue weighted by Gasteiger charge is -2.32. The summed E-state index contributed by atoms with van der Waals surface area (Å²) >= 11 is 9.43. The summed E-state index contributed by atoms with van der Waals surface area (Å²) in [6.45, 7) is 8.33. The van der Waals surface area contributed by atoms with Crippen LogP contribution in [0, 0.1) is 0 Å². The van der Waals surface area contributed by atoms with Crippen LogP contribution in [-0.4, -0.2) is 68.2 Å². The summed E-state index contributed by atoms with van der Waals surface area (Å²) < 4.78 is 17.2. The van der Waals surface area contributed by atoms with Crippen LogP contribution in [0.5, 0.6) is 0 Å². The zero-order chi connectivity index (χ0) is 73.1. The Bertz CT molecular complexity index is 6100. The summed E-state index contributed by atoms with van der Waals surface area (Å²) in [5.74, 6) is 4.46. The van der Waals surface area contributed by atoms with Gasteiger partial charge in [0.05, 0.1) is 43.0 Å². The minimum atomic E-state index is -0.426. The molecule has 12 nitrogen and oxygen atoms in total. The third kappa shape index (κ3) is 14.3. The molecule has 19 rings (SSSR count). The number of nitrogens with zero attached hydrogens (tertiary/aromatic N) is 10. The Balaban J connectivity index is 0.000000129. The molecule has 0 aliphatic carbocycles. The molecular formula is C92H66BClN10O2S2. The molecular weight excluding hydrogens is 1390 g/mol. The molecule has 1 aliphatic heterocycles. The maximum Gasteiger partial charge on any atom is 0.494 e. The molecule has 0 atom stereocenters. The van der Waals surface area contributed by atoms with Gasteiger partial charge in [0.1, 0.15) is 0 Å². The van der Waals surface area contributed by atoms with E-state index in [2.05, 4.69) is 200 Å². The molecule has 0 spiro atoms. The number of hydrogen-bond acceptors (Lipinski definition) is 14. The molecule has 0 N–H and O–H groups in total. The van der Waals surface area contributed by atoms with Gasteiger partial charge in [-0.1, -0.05) is 303 Å². The first-order valence-electron chi connectivity index (χ1n) is 35.6. The first kappa shape index (κ1) is 68.6. The Morgan fingerprint density at radius 2 is 0.519 bits per heavy atom.